The average molecular weight is 1390 g/mol. The van der Waals surface area contributed by atoms with E-state index >= 15 is 4.79 Å². The molecule has 528 valence electrons. The van der Waals surface area contributed by atoms with Crippen LogP contribution < -0.4 is 36.6 Å². The minimum Gasteiger partial charge on any atom is -0.508 e. The number of fused-ring (bicyclic) bond motifs is 9. The van der Waals surface area contributed by atoms with E-state index in [0.29, 0.717) is 104 Å². The number of carbonyl (C=O) groups is 10. The van der Waals surface area contributed by atoms with Crippen LogP contribution in [0.2, 0.25) is 0 Å². The van der Waals surface area contributed by atoms with E-state index in [4.69, 9.17) is 14.2 Å². The largest absolute Gasteiger partial charge is 0.508 e. The molecule has 0 aromatic heterocycles. The number of carboxylic acids is 2. The number of phenolic OH excluding ortho intramolecular Hbond substituents is 2. The molecule has 0 aliphatic carbocycles. The van der Waals surface area contributed by atoms with Gasteiger partial charge in [0.1, 0.15) is 35.1 Å². The van der Waals surface area contributed by atoms with Crippen LogP contribution in [0.1, 0.15) is 110 Å². The monoisotopic (exact) mass is 1390 g/mol. The Labute approximate surface area is 587 Å². The first kappa shape index (κ1) is 71.6. The third-order valence-corrected chi connectivity index (χ3v) is 18.8. The van der Waals surface area contributed by atoms with Gasteiger partial charge in [0.05, 0.1) is 17.4 Å². The molecule has 3 atom stereocenters. The Bertz CT molecular complexity index is 4290. The number of hydrogen-bond acceptors (Lipinski definition) is 15. The van der Waals surface area contributed by atoms with Crippen LogP contribution in [0, 0.1) is 11.3 Å². The second-order valence-corrected chi connectivity index (χ2v) is 25.9. The van der Waals surface area contributed by atoms with Crippen LogP contribution in [-0.4, -0.2) is 143 Å². The van der Waals surface area contributed by atoms with Gasteiger partial charge >= 0.3 is 17.9 Å². The van der Waals surface area contributed by atoms with E-state index in [1.54, 1.807) is 72.8 Å². The van der Waals surface area contributed by atoms with E-state index in [2.05, 4.69) is 31.9 Å². The number of rotatable bonds is 21. The molecule has 0 radical (unpaired) electrons. The number of carbonyl (C=O) groups excluding carboxylic acids is 8. The number of nitrogens with one attached hydrogen (secondary N) is 6. The number of benzene rings is 7. The third kappa shape index (κ3) is 17.1. The van der Waals surface area contributed by atoms with E-state index in [1.807, 2.05) is 54.6 Å². The zero-order valence-electron chi connectivity index (χ0n) is 55.9. The molecule has 24 heteroatoms. The van der Waals surface area contributed by atoms with Crippen LogP contribution in [0.15, 0.2) is 170 Å². The standard InChI is InChI=1S/C78H79N7O17/c86-56-24-27-61-65(43-56)101-66-44-57(87)25-28-62(66)78(61)60-26-23-54(41-58(60)75(98)102-78)70(91)80-33-6-8-37-100-38-9-7-34-81-71(92)63-31-35-79-67(88)29-30-69(90)85-36-10-32-77(47-85,45-50-11-2-1-3-12-50)76(99)84-64(72(93)82-46-55-14-5-4-13-53(55)42-68(89)83-63)40-49-17-21-52(22-18-49)51-19-15-48(16-20-51)39-59(73(94)95)74(96)97/h1-5,11-30,41,43-44,59,63-64,86-87H,6-10,31-40,42,45-47H2,(H,79,88)(H,80,91)(H,81,92)(H,82,93)(H,83,89)(H,84,99)(H,94,95)(H,96,97)/b30-29+/t63-,64-,77-/m0/s1. The van der Waals surface area contributed by atoms with Gasteiger partial charge in [-0.2, -0.15) is 0 Å². The molecule has 0 saturated carbocycles. The number of esters is 1. The number of amides is 7. The number of carboxylic acid groups (broad SMARTS) is 2. The van der Waals surface area contributed by atoms with E-state index in [0.717, 1.165) is 28.8 Å². The number of nitrogens with zero attached hydrogens (tertiary/aromatic N) is 1. The Morgan fingerprint density at radius 3 is 1.94 bits per heavy atom. The molecule has 11 rings (SSSR count). The van der Waals surface area contributed by atoms with Crippen molar-refractivity contribution in [2.24, 2.45) is 11.3 Å². The summed E-state index contributed by atoms with van der Waals surface area (Å²) in [7, 11) is 0. The molecule has 4 aliphatic rings. The minimum atomic E-state index is -1.60. The topological polar surface area (TPSA) is 355 Å². The number of phenols is 2. The Kier molecular flexibility index (Phi) is 22.9. The van der Waals surface area contributed by atoms with Gasteiger partial charge in [0.2, 0.25) is 35.4 Å². The van der Waals surface area contributed by atoms with Crippen LogP contribution in [0.3, 0.4) is 0 Å². The highest BCUT2D eigenvalue weighted by Crippen LogP contribution is 2.57. The van der Waals surface area contributed by atoms with Gasteiger partial charge in [-0.15, -0.1) is 0 Å². The Hall–Kier alpha value is -11.7. The molecule has 7 amide bonds. The van der Waals surface area contributed by atoms with Crippen molar-refractivity contribution in [3.05, 3.63) is 226 Å². The lowest BCUT2D eigenvalue weighted by Crippen LogP contribution is -2.58. The average Bonchev–Trinajstić information content (AvgIpc) is 1.49. The van der Waals surface area contributed by atoms with Crippen molar-refractivity contribution in [2.45, 2.75) is 94.9 Å². The summed E-state index contributed by atoms with van der Waals surface area (Å²) >= 11 is 0. The van der Waals surface area contributed by atoms with Crippen LogP contribution in [0.25, 0.3) is 11.1 Å². The summed E-state index contributed by atoms with van der Waals surface area (Å²) in [6, 6.07) is 42.0. The number of piperidine rings is 1. The van der Waals surface area contributed by atoms with Crippen molar-refractivity contribution in [3.8, 4) is 34.1 Å². The van der Waals surface area contributed by atoms with E-state index in [1.165, 1.54) is 35.2 Å². The molecule has 1 fully saturated rings. The number of aliphatic carboxylic acids is 2. The Morgan fingerprint density at radius 2 is 1.27 bits per heavy atom. The van der Waals surface area contributed by atoms with Gasteiger partial charge in [0.25, 0.3) is 5.91 Å². The zero-order valence-corrected chi connectivity index (χ0v) is 55.9. The first-order valence-electron chi connectivity index (χ1n) is 34.0. The van der Waals surface area contributed by atoms with Gasteiger partial charge in [-0.25, -0.2) is 4.79 Å². The predicted octanol–water partition coefficient (Wildman–Crippen LogP) is 7.08. The van der Waals surface area contributed by atoms with Gasteiger partial charge in [-0.3, -0.25) is 43.2 Å². The van der Waals surface area contributed by atoms with Crippen molar-refractivity contribution in [1.29, 1.82) is 0 Å². The summed E-state index contributed by atoms with van der Waals surface area (Å²) < 4.78 is 18.0. The van der Waals surface area contributed by atoms with Gasteiger partial charge in [-0.1, -0.05) is 109 Å². The lowest BCUT2D eigenvalue weighted by Gasteiger charge is -2.42. The fraction of sp³-hybridized carbons (Fsp3) is 0.308. The van der Waals surface area contributed by atoms with Crippen LogP contribution in [0.4, 0.5) is 0 Å². The highest BCUT2D eigenvalue weighted by atomic mass is 16.6. The number of ether oxygens (including phenoxy) is 3. The first-order chi connectivity index (χ1) is 49.2. The van der Waals surface area contributed by atoms with Gasteiger partial charge in [0, 0.05) is 105 Å². The van der Waals surface area contributed by atoms with Crippen LogP contribution >= 0.6 is 0 Å². The summed E-state index contributed by atoms with van der Waals surface area (Å²) in [5, 5.41) is 56.7. The molecule has 0 unspecified atom stereocenters. The fourth-order valence-electron chi connectivity index (χ4n) is 13.4. The van der Waals surface area contributed by atoms with E-state index in [9.17, 15) is 63.6 Å². The molecule has 4 aliphatic heterocycles. The molecule has 10 N–H and O–H groups in total. The maximum absolute atomic E-state index is 15.1. The summed E-state index contributed by atoms with van der Waals surface area (Å²) in [5.74, 6) is -8.27. The predicted molar refractivity (Wildman–Crippen MR) is 372 cm³/mol. The number of unbranched alkanes of at least 4 members (excludes halogenated alkanes) is 2. The van der Waals surface area contributed by atoms with Gasteiger partial charge < -0.3 is 71.4 Å². The van der Waals surface area contributed by atoms with Crippen molar-refractivity contribution >= 4 is 59.3 Å². The van der Waals surface area contributed by atoms with Crippen LogP contribution in [-0.2, 0) is 85.7 Å². The molecular formula is C78H79N7O17. The molecule has 1 spiro atoms. The first-order valence-corrected chi connectivity index (χ1v) is 34.0. The molecule has 4 heterocycles. The summed E-state index contributed by atoms with van der Waals surface area (Å²) in [6.45, 7) is 1.54. The molecule has 2 bridgehead atoms. The van der Waals surface area contributed by atoms with Gasteiger partial charge in [0.15, 0.2) is 11.5 Å². The maximum Gasteiger partial charge on any atom is 0.340 e. The molecule has 1 saturated heterocycles. The van der Waals surface area contributed by atoms with Crippen molar-refractivity contribution in [2.75, 3.05) is 45.9 Å². The molecule has 7 aromatic carbocycles. The Morgan fingerprint density at radius 1 is 0.647 bits per heavy atom. The molecule has 7 aromatic rings. The second kappa shape index (κ2) is 32.6. The molecular weight excluding hydrogens is 1310 g/mol. The quantitative estimate of drug-likeness (QED) is 0.0195. The van der Waals surface area contributed by atoms with E-state index in [-0.39, 0.29) is 92.4 Å². The van der Waals surface area contributed by atoms with E-state index < -0.39 is 88.3 Å². The van der Waals surface area contributed by atoms with Crippen molar-refractivity contribution in [3.63, 3.8) is 0 Å². The lowest BCUT2D eigenvalue weighted by molar-refractivity contribution is -0.154. The highest BCUT2D eigenvalue weighted by Gasteiger charge is 2.54. The number of hydrogen-bond donors (Lipinski definition) is 10. The summed E-state index contributed by atoms with van der Waals surface area (Å²) in [6.07, 6.45) is 5.26. The summed E-state index contributed by atoms with van der Waals surface area (Å²) in [5.41, 5.74) is 3.93. The lowest BCUT2D eigenvalue weighted by atomic mass is 9.74. The smallest absolute Gasteiger partial charge is 0.340 e. The highest BCUT2D eigenvalue weighted by molar-refractivity contribution is 6.02. The second-order valence-electron chi connectivity index (χ2n) is 25.9. The van der Waals surface area contributed by atoms with Crippen molar-refractivity contribution in [1.82, 2.24) is 36.8 Å². The SMILES string of the molecule is O=C1/C=C/C(=O)N2CCC[C@](Cc3ccccc3)(C2)C(=O)N[C@@H](Cc2ccc(-c3ccc(CC(C(=O)O)C(=O)O)cc3)cc2)C(=O)NCc2ccccc2CC(=O)N[C@H](C(=O)NCCCCOCCCCNC(=O)c2ccc3c(c2)C(=O)OC32c3ccc(O)cc3Oc3cc(O)ccc32)CCN1. The fourth-order valence-corrected chi connectivity index (χ4v) is 13.4. The normalized spacial score (nSPS) is 18.5. The third-order valence-electron chi connectivity index (χ3n) is 18.8. The minimum absolute atomic E-state index is 0.0101. The number of aromatic hydroxyl groups is 2. The Balaban J connectivity index is 0.691. The van der Waals surface area contributed by atoms with Crippen molar-refractivity contribution < 1.29 is 82.6 Å². The zero-order chi connectivity index (χ0) is 71.9. The van der Waals surface area contributed by atoms with Crippen LogP contribution in [0.5, 0.6) is 23.0 Å². The van der Waals surface area contributed by atoms with Gasteiger partial charge in [-0.05, 0) is 133 Å². The molecule has 102 heavy (non-hydrogen) atoms. The summed E-state index contributed by atoms with van der Waals surface area (Å²) in [4.78, 5) is 137. The molecule has 24 nitrogen and oxygen atoms in total. The maximum atomic E-state index is 15.1.